The number of anilines is 1. The number of hydrogen-bond acceptors (Lipinski definition) is 1. The standard InChI is InChI=1S/C12H18FN/c1-8(2)10(4)14-12-7-9(3)5-6-11(12)13/h5-8,10,14H,1-4H3/t10-/m1/s1. The van der Waals surface area contributed by atoms with E-state index in [-0.39, 0.29) is 11.9 Å². The maximum atomic E-state index is 13.3. The molecular formula is C12H18FN. The van der Waals surface area contributed by atoms with Crippen molar-refractivity contribution in [3.8, 4) is 0 Å². The fourth-order valence-electron chi connectivity index (χ4n) is 1.16. The Morgan fingerprint density at radius 3 is 2.43 bits per heavy atom. The SMILES string of the molecule is Cc1ccc(F)c(N[C@H](C)C(C)C)c1. The summed E-state index contributed by atoms with van der Waals surface area (Å²) in [5.74, 6) is 0.318. The van der Waals surface area contributed by atoms with Crippen molar-refractivity contribution in [2.24, 2.45) is 5.92 Å². The Morgan fingerprint density at radius 1 is 1.21 bits per heavy atom. The number of rotatable bonds is 3. The van der Waals surface area contributed by atoms with E-state index in [1.165, 1.54) is 6.07 Å². The molecule has 0 saturated heterocycles. The van der Waals surface area contributed by atoms with Crippen LogP contribution in [0.4, 0.5) is 10.1 Å². The highest BCUT2D eigenvalue weighted by molar-refractivity contribution is 5.47. The number of aryl methyl sites for hydroxylation is 1. The van der Waals surface area contributed by atoms with Gasteiger partial charge in [0.25, 0.3) is 0 Å². The van der Waals surface area contributed by atoms with Gasteiger partial charge in [-0.25, -0.2) is 4.39 Å². The molecule has 0 fully saturated rings. The predicted molar refractivity (Wildman–Crippen MR) is 59.1 cm³/mol. The van der Waals surface area contributed by atoms with E-state index < -0.39 is 0 Å². The predicted octanol–water partition coefficient (Wildman–Crippen LogP) is 3.59. The molecule has 1 rings (SSSR count). The molecule has 0 saturated carbocycles. The first-order chi connectivity index (χ1) is 6.50. The van der Waals surface area contributed by atoms with Gasteiger partial charge in [-0.3, -0.25) is 0 Å². The first kappa shape index (κ1) is 11.0. The summed E-state index contributed by atoms with van der Waals surface area (Å²) in [7, 11) is 0. The van der Waals surface area contributed by atoms with Crippen LogP contribution in [0.3, 0.4) is 0 Å². The Kier molecular flexibility index (Phi) is 3.50. The summed E-state index contributed by atoms with van der Waals surface area (Å²) in [6.45, 7) is 8.26. The summed E-state index contributed by atoms with van der Waals surface area (Å²) in [5, 5.41) is 3.18. The van der Waals surface area contributed by atoms with Crippen LogP contribution in [0.25, 0.3) is 0 Å². The van der Waals surface area contributed by atoms with Crippen LogP contribution in [0.2, 0.25) is 0 Å². The van der Waals surface area contributed by atoms with Gasteiger partial charge >= 0.3 is 0 Å². The molecule has 78 valence electrons. The quantitative estimate of drug-likeness (QED) is 0.777. The lowest BCUT2D eigenvalue weighted by Gasteiger charge is -2.19. The van der Waals surface area contributed by atoms with Crippen molar-refractivity contribution in [1.29, 1.82) is 0 Å². The Morgan fingerprint density at radius 2 is 1.86 bits per heavy atom. The zero-order chi connectivity index (χ0) is 10.7. The van der Waals surface area contributed by atoms with Crippen molar-refractivity contribution in [3.05, 3.63) is 29.6 Å². The minimum Gasteiger partial charge on any atom is -0.380 e. The maximum Gasteiger partial charge on any atom is 0.146 e. The third kappa shape index (κ3) is 2.72. The Balaban J connectivity index is 2.80. The van der Waals surface area contributed by atoms with Gasteiger partial charge in [0.15, 0.2) is 0 Å². The van der Waals surface area contributed by atoms with E-state index in [0.717, 1.165) is 5.56 Å². The van der Waals surface area contributed by atoms with Crippen molar-refractivity contribution in [2.45, 2.75) is 33.7 Å². The van der Waals surface area contributed by atoms with E-state index in [9.17, 15) is 4.39 Å². The zero-order valence-electron chi connectivity index (χ0n) is 9.26. The van der Waals surface area contributed by atoms with Gasteiger partial charge in [0, 0.05) is 6.04 Å². The summed E-state index contributed by atoms with van der Waals surface area (Å²) < 4.78 is 13.3. The van der Waals surface area contributed by atoms with Crippen LogP contribution >= 0.6 is 0 Å². The molecule has 0 bridgehead atoms. The molecule has 1 aromatic rings. The lowest BCUT2D eigenvalue weighted by atomic mass is 10.1. The number of nitrogens with one attached hydrogen (secondary N) is 1. The molecule has 0 unspecified atom stereocenters. The number of hydrogen-bond donors (Lipinski definition) is 1. The average molecular weight is 195 g/mol. The molecular weight excluding hydrogens is 177 g/mol. The molecule has 0 aliphatic carbocycles. The summed E-state index contributed by atoms with van der Waals surface area (Å²) in [6, 6.07) is 5.41. The van der Waals surface area contributed by atoms with E-state index in [2.05, 4.69) is 26.1 Å². The molecule has 0 aliphatic rings. The fourth-order valence-corrected chi connectivity index (χ4v) is 1.16. The van der Waals surface area contributed by atoms with Gasteiger partial charge < -0.3 is 5.32 Å². The maximum absolute atomic E-state index is 13.3. The molecule has 1 aromatic carbocycles. The second-order valence-corrected chi connectivity index (χ2v) is 4.16. The second-order valence-electron chi connectivity index (χ2n) is 4.16. The number of benzene rings is 1. The van der Waals surface area contributed by atoms with Crippen molar-refractivity contribution < 1.29 is 4.39 Å². The van der Waals surface area contributed by atoms with Crippen molar-refractivity contribution in [3.63, 3.8) is 0 Å². The molecule has 0 aliphatic heterocycles. The fraction of sp³-hybridized carbons (Fsp3) is 0.500. The Hall–Kier alpha value is -1.05. The molecule has 1 atom stereocenters. The van der Waals surface area contributed by atoms with Crippen molar-refractivity contribution >= 4 is 5.69 Å². The van der Waals surface area contributed by atoms with Gasteiger partial charge in [-0.1, -0.05) is 19.9 Å². The summed E-state index contributed by atoms with van der Waals surface area (Å²) in [6.07, 6.45) is 0. The highest BCUT2D eigenvalue weighted by Crippen LogP contribution is 2.18. The van der Waals surface area contributed by atoms with Crippen LogP contribution in [-0.4, -0.2) is 6.04 Å². The first-order valence-corrected chi connectivity index (χ1v) is 5.03. The van der Waals surface area contributed by atoms with E-state index in [4.69, 9.17) is 0 Å². The van der Waals surface area contributed by atoms with E-state index in [1.807, 2.05) is 13.0 Å². The molecule has 0 radical (unpaired) electrons. The van der Waals surface area contributed by atoms with Crippen LogP contribution in [0.1, 0.15) is 26.3 Å². The van der Waals surface area contributed by atoms with Crippen LogP contribution < -0.4 is 5.32 Å². The van der Waals surface area contributed by atoms with E-state index in [1.54, 1.807) is 6.07 Å². The van der Waals surface area contributed by atoms with E-state index >= 15 is 0 Å². The molecule has 0 amide bonds. The Bertz CT molecular complexity index is 307. The normalized spacial score (nSPS) is 13.0. The minimum atomic E-state index is -0.178. The molecule has 0 aromatic heterocycles. The molecule has 1 nitrogen and oxygen atoms in total. The molecule has 0 spiro atoms. The Labute approximate surface area is 85.3 Å². The summed E-state index contributed by atoms with van der Waals surface area (Å²) >= 11 is 0. The lowest BCUT2D eigenvalue weighted by Crippen LogP contribution is -2.22. The molecule has 2 heteroatoms. The van der Waals surface area contributed by atoms with Gasteiger partial charge in [-0.05, 0) is 37.5 Å². The van der Waals surface area contributed by atoms with Crippen molar-refractivity contribution in [2.75, 3.05) is 5.32 Å². The molecule has 1 N–H and O–H groups in total. The third-order valence-electron chi connectivity index (χ3n) is 2.51. The van der Waals surface area contributed by atoms with Gasteiger partial charge in [0.05, 0.1) is 5.69 Å². The molecule has 14 heavy (non-hydrogen) atoms. The summed E-state index contributed by atoms with van der Waals surface area (Å²) in [4.78, 5) is 0. The smallest absolute Gasteiger partial charge is 0.146 e. The van der Waals surface area contributed by atoms with Gasteiger partial charge in [0.2, 0.25) is 0 Å². The van der Waals surface area contributed by atoms with Crippen LogP contribution in [0.5, 0.6) is 0 Å². The number of halogens is 1. The highest BCUT2D eigenvalue weighted by Gasteiger charge is 2.09. The van der Waals surface area contributed by atoms with E-state index in [0.29, 0.717) is 11.6 Å². The van der Waals surface area contributed by atoms with Gasteiger partial charge in [-0.2, -0.15) is 0 Å². The second kappa shape index (κ2) is 4.45. The molecule has 0 heterocycles. The highest BCUT2D eigenvalue weighted by atomic mass is 19.1. The van der Waals surface area contributed by atoms with Crippen LogP contribution in [-0.2, 0) is 0 Å². The monoisotopic (exact) mass is 195 g/mol. The van der Waals surface area contributed by atoms with Gasteiger partial charge in [0.1, 0.15) is 5.82 Å². The van der Waals surface area contributed by atoms with Crippen LogP contribution in [0.15, 0.2) is 18.2 Å². The van der Waals surface area contributed by atoms with Crippen LogP contribution in [0, 0.1) is 18.7 Å². The first-order valence-electron chi connectivity index (χ1n) is 5.03. The average Bonchev–Trinajstić information content (AvgIpc) is 2.11. The topological polar surface area (TPSA) is 12.0 Å². The van der Waals surface area contributed by atoms with Crippen molar-refractivity contribution in [1.82, 2.24) is 0 Å². The zero-order valence-corrected chi connectivity index (χ0v) is 9.26. The minimum absolute atomic E-state index is 0.178. The third-order valence-corrected chi connectivity index (χ3v) is 2.51. The lowest BCUT2D eigenvalue weighted by molar-refractivity contribution is 0.552. The van der Waals surface area contributed by atoms with Gasteiger partial charge in [-0.15, -0.1) is 0 Å². The summed E-state index contributed by atoms with van der Waals surface area (Å²) in [5.41, 5.74) is 1.68. The largest absolute Gasteiger partial charge is 0.380 e.